The highest BCUT2D eigenvalue weighted by molar-refractivity contribution is 5.84. The molecule has 164 valence electrons. The van der Waals surface area contributed by atoms with Crippen LogP contribution in [0.2, 0.25) is 0 Å². The molecule has 1 unspecified atom stereocenters. The van der Waals surface area contributed by atoms with E-state index in [2.05, 4.69) is 87.5 Å². The van der Waals surface area contributed by atoms with Crippen molar-refractivity contribution in [3.8, 4) is 11.1 Å². The summed E-state index contributed by atoms with van der Waals surface area (Å²) in [5, 5.41) is 6.65. The van der Waals surface area contributed by atoms with E-state index in [0.29, 0.717) is 19.0 Å². The minimum absolute atomic E-state index is 0.239. The first-order chi connectivity index (χ1) is 16.1. The van der Waals surface area contributed by atoms with Crippen LogP contribution in [0.4, 0.5) is 11.8 Å². The molecule has 0 amide bonds. The molecule has 0 spiro atoms. The zero-order valence-corrected chi connectivity index (χ0v) is 18.5. The number of benzene rings is 2. The van der Waals surface area contributed by atoms with Gasteiger partial charge in [-0.3, -0.25) is 0 Å². The molecular weight excluding hydrogens is 398 g/mol. The van der Waals surface area contributed by atoms with Crippen molar-refractivity contribution >= 4 is 22.9 Å². The Bertz CT molecular complexity index is 1220. The van der Waals surface area contributed by atoms with E-state index in [1.54, 1.807) is 0 Å². The van der Waals surface area contributed by atoms with Gasteiger partial charge in [-0.25, -0.2) is 4.98 Å². The lowest BCUT2D eigenvalue weighted by Gasteiger charge is -2.27. The van der Waals surface area contributed by atoms with Gasteiger partial charge in [-0.05, 0) is 30.5 Å². The predicted molar refractivity (Wildman–Crippen MR) is 130 cm³/mol. The van der Waals surface area contributed by atoms with E-state index in [4.69, 9.17) is 11.3 Å². The third-order valence-electron chi connectivity index (χ3n) is 5.75. The second-order valence-corrected chi connectivity index (χ2v) is 8.31. The highest BCUT2D eigenvalue weighted by Crippen LogP contribution is 2.26. The first-order valence-corrected chi connectivity index (χ1v) is 11.1. The summed E-state index contributed by atoms with van der Waals surface area (Å²) < 4.78 is 10.2. The van der Waals surface area contributed by atoms with Crippen molar-refractivity contribution < 1.29 is 1.37 Å². The minimum atomic E-state index is -0.340. The standard InChI is InChI=1S/C25H29N7/c1-18(2)32-17-28-22-23(29-25(30-24(22)32)31-14-12-26-13-15-31)27-16-19-8-10-21(11-9-19)20-6-4-3-5-7-20/h3-11,17-18,26H,12-16H2,1-2H3,(H,27,29,30)/i12D. The molecule has 5 rings (SSSR count). The molecule has 0 bridgehead atoms. The fraction of sp³-hybridized carbons (Fsp3) is 0.320. The SMILES string of the molecule is [2H]C1CN(c2nc(NCc3ccc(-c4ccccc4)cc3)c3ncn(C(C)C)c3n2)CCN1. The van der Waals surface area contributed by atoms with Crippen LogP contribution >= 0.6 is 0 Å². The van der Waals surface area contributed by atoms with Crippen molar-refractivity contribution in [2.24, 2.45) is 0 Å². The van der Waals surface area contributed by atoms with Crippen molar-refractivity contribution in [1.82, 2.24) is 24.8 Å². The van der Waals surface area contributed by atoms with Gasteiger partial charge < -0.3 is 20.1 Å². The number of nitrogens with one attached hydrogen (secondary N) is 2. The number of rotatable bonds is 6. The van der Waals surface area contributed by atoms with Gasteiger partial charge in [-0.2, -0.15) is 9.97 Å². The number of nitrogens with zero attached hydrogens (tertiary/aromatic N) is 5. The maximum Gasteiger partial charge on any atom is 0.229 e. The Balaban J connectivity index is 1.42. The summed E-state index contributed by atoms with van der Waals surface area (Å²) in [6.07, 6.45) is 1.83. The van der Waals surface area contributed by atoms with E-state index in [-0.39, 0.29) is 12.6 Å². The summed E-state index contributed by atoms with van der Waals surface area (Å²) in [4.78, 5) is 16.4. The highest BCUT2D eigenvalue weighted by atomic mass is 15.3. The molecule has 2 aromatic heterocycles. The maximum atomic E-state index is 8.08. The topological polar surface area (TPSA) is 70.9 Å². The van der Waals surface area contributed by atoms with Gasteiger partial charge in [0.25, 0.3) is 0 Å². The average Bonchev–Trinajstić information content (AvgIpc) is 3.28. The Morgan fingerprint density at radius 1 is 1.03 bits per heavy atom. The number of fused-ring (bicyclic) bond motifs is 1. The molecule has 2 aromatic carbocycles. The zero-order valence-electron chi connectivity index (χ0n) is 19.5. The molecule has 1 atom stereocenters. The lowest BCUT2D eigenvalue weighted by Crippen LogP contribution is -2.44. The minimum Gasteiger partial charge on any atom is -0.364 e. The van der Waals surface area contributed by atoms with Crippen LogP contribution in [0.25, 0.3) is 22.3 Å². The molecule has 32 heavy (non-hydrogen) atoms. The first kappa shape index (κ1) is 19.3. The highest BCUT2D eigenvalue weighted by Gasteiger charge is 2.19. The van der Waals surface area contributed by atoms with E-state index in [0.717, 1.165) is 30.1 Å². The van der Waals surface area contributed by atoms with Gasteiger partial charge in [0.05, 0.1) is 6.33 Å². The van der Waals surface area contributed by atoms with Gasteiger partial charge in [0, 0.05) is 40.1 Å². The van der Waals surface area contributed by atoms with E-state index >= 15 is 0 Å². The lowest BCUT2D eigenvalue weighted by molar-refractivity contribution is 0.578. The van der Waals surface area contributed by atoms with E-state index in [1.165, 1.54) is 16.7 Å². The van der Waals surface area contributed by atoms with E-state index in [9.17, 15) is 0 Å². The molecule has 0 saturated carbocycles. The van der Waals surface area contributed by atoms with E-state index in [1.807, 2.05) is 12.4 Å². The molecule has 1 aliphatic rings. The van der Waals surface area contributed by atoms with Crippen LogP contribution in [-0.4, -0.2) is 45.7 Å². The smallest absolute Gasteiger partial charge is 0.229 e. The molecule has 0 aliphatic carbocycles. The maximum absolute atomic E-state index is 8.08. The molecule has 1 saturated heterocycles. The predicted octanol–water partition coefficient (Wildman–Crippen LogP) is 4.10. The molecular formula is C25H29N7. The fourth-order valence-electron chi connectivity index (χ4n) is 3.93. The third kappa shape index (κ3) is 4.16. The summed E-state index contributed by atoms with van der Waals surface area (Å²) in [6.45, 7) is 6.61. The Morgan fingerprint density at radius 2 is 1.81 bits per heavy atom. The third-order valence-corrected chi connectivity index (χ3v) is 5.75. The molecule has 1 fully saturated rings. The van der Waals surface area contributed by atoms with Crippen LogP contribution < -0.4 is 15.5 Å². The van der Waals surface area contributed by atoms with Crippen molar-refractivity contribution in [1.29, 1.82) is 0 Å². The Kier molecular flexibility index (Phi) is 5.39. The molecule has 4 aromatic rings. The lowest BCUT2D eigenvalue weighted by atomic mass is 10.0. The van der Waals surface area contributed by atoms with Crippen LogP contribution in [0.1, 0.15) is 26.8 Å². The summed E-state index contributed by atoms with van der Waals surface area (Å²) in [7, 11) is 0. The summed E-state index contributed by atoms with van der Waals surface area (Å²) in [5.74, 6) is 1.37. The largest absolute Gasteiger partial charge is 0.364 e. The van der Waals surface area contributed by atoms with Gasteiger partial charge in [0.1, 0.15) is 0 Å². The van der Waals surface area contributed by atoms with Crippen molar-refractivity contribution in [2.75, 3.05) is 36.4 Å². The van der Waals surface area contributed by atoms with Gasteiger partial charge in [0.2, 0.25) is 5.95 Å². The van der Waals surface area contributed by atoms with Crippen molar-refractivity contribution in [3.05, 3.63) is 66.5 Å². The van der Waals surface area contributed by atoms with Crippen LogP contribution in [0, 0.1) is 0 Å². The van der Waals surface area contributed by atoms with Gasteiger partial charge in [-0.15, -0.1) is 0 Å². The number of piperazine rings is 1. The number of hydrogen-bond acceptors (Lipinski definition) is 6. The molecule has 0 radical (unpaired) electrons. The van der Waals surface area contributed by atoms with Crippen LogP contribution in [0.15, 0.2) is 60.9 Å². The van der Waals surface area contributed by atoms with Crippen LogP contribution in [-0.2, 0) is 6.54 Å². The number of anilines is 2. The monoisotopic (exact) mass is 428 g/mol. The molecule has 7 heteroatoms. The zero-order chi connectivity index (χ0) is 22.8. The molecule has 2 N–H and O–H groups in total. The second-order valence-electron chi connectivity index (χ2n) is 8.31. The first-order valence-electron chi connectivity index (χ1n) is 11.7. The summed E-state index contributed by atoms with van der Waals surface area (Å²) >= 11 is 0. The Morgan fingerprint density at radius 3 is 2.56 bits per heavy atom. The fourth-order valence-corrected chi connectivity index (χ4v) is 3.93. The average molecular weight is 429 g/mol. The Hall–Kier alpha value is -3.45. The van der Waals surface area contributed by atoms with Crippen LogP contribution in [0.3, 0.4) is 0 Å². The van der Waals surface area contributed by atoms with Gasteiger partial charge in [0.15, 0.2) is 17.0 Å². The van der Waals surface area contributed by atoms with Crippen molar-refractivity contribution in [2.45, 2.75) is 26.4 Å². The number of aromatic nitrogens is 4. The normalized spacial score (nSPS) is 17.0. The van der Waals surface area contributed by atoms with Crippen LogP contribution in [0.5, 0.6) is 0 Å². The molecule has 1 aliphatic heterocycles. The summed E-state index contributed by atoms with van der Waals surface area (Å²) in [6, 6.07) is 19.2. The quantitative estimate of drug-likeness (QED) is 0.482. The summed E-state index contributed by atoms with van der Waals surface area (Å²) in [5.41, 5.74) is 5.16. The number of hydrogen-bond donors (Lipinski definition) is 2. The van der Waals surface area contributed by atoms with Crippen molar-refractivity contribution in [3.63, 3.8) is 0 Å². The van der Waals surface area contributed by atoms with Gasteiger partial charge in [-0.1, -0.05) is 54.6 Å². The molecule has 7 nitrogen and oxygen atoms in total. The molecule has 3 heterocycles. The van der Waals surface area contributed by atoms with E-state index < -0.39 is 0 Å². The van der Waals surface area contributed by atoms with Gasteiger partial charge >= 0.3 is 0 Å². The second kappa shape index (κ2) is 8.96. The number of imidazole rings is 1. The Labute approximate surface area is 189 Å².